The molecule has 40 heavy (non-hydrogen) atoms. The molecule has 0 saturated heterocycles. The van der Waals surface area contributed by atoms with Gasteiger partial charge in [-0.3, -0.25) is 4.79 Å². The maximum absolute atomic E-state index is 13.8. The first-order valence-corrected chi connectivity index (χ1v) is 13.6. The van der Waals surface area contributed by atoms with Crippen LogP contribution >= 0.6 is 0 Å². The van der Waals surface area contributed by atoms with Crippen LogP contribution in [0.25, 0.3) is 28.0 Å². The van der Waals surface area contributed by atoms with Crippen LogP contribution in [0.5, 0.6) is 5.75 Å². The van der Waals surface area contributed by atoms with E-state index in [0.717, 1.165) is 45.1 Å². The number of benzene rings is 3. The van der Waals surface area contributed by atoms with E-state index in [1.54, 1.807) is 19.4 Å². The van der Waals surface area contributed by atoms with Gasteiger partial charge >= 0.3 is 0 Å². The van der Waals surface area contributed by atoms with Crippen LogP contribution in [-0.2, 0) is 0 Å². The number of hydrogen-bond donors (Lipinski definition) is 0. The first kappa shape index (κ1) is 27.1. The fourth-order valence-corrected chi connectivity index (χ4v) is 5.36. The lowest BCUT2D eigenvalue weighted by molar-refractivity contribution is 0.407. The van der Waals surface area contributed by atoms with Gasteiger partial charge in [0.05, 0.1) is 24.2 Å². The van der Waals surface area contributed by atoms with Gasteiger partial charge in [0.1, 0.15) is 5.75 Å². The number of para-hydroxylation sites is 1. The summed E-state index contributed by atoms with van der Waals surface area (Å²) in [7, 11) is 1.68. The van der Waals surface area contributed by atoms with Crippen LogP contribution in [0.2, 0.25) is 0 Å². The van der Waals surface area contributed by atoms with E-state index in [0.29, 0.717) is 16.7 Å². The number of aromatic nitrogens is 3. The Balaban J connectivity index is 1.72. The smallest absolute Gasteiger partial charge is 0.282 e. The van der Waals surface area contributed by atoms with Crippen LogP contribution in [-0.4, -0.2) is 27.6 Å². The van der Waals surface area contributed by atoms with Crippen LogP contribution in [0, 0.1) is 34.6 Å². The molecule has 0 radical (unpaired) electrons. The third-order valence-electron chi connectivity index (χ3n) is 7.79. The molecule has 3 aromatic carbocycles. The molecule has 0 aliphatic heterocycles. The minimum absolute atomic E-state index is 0.207. The lowest BCUT2D eigenvalue weighted by atomic mass is 9.96. The first-order valence-electron chi connectivity index (χ1n) is 13.6. The number of aryl methyl sites for hydroxylation is 3. The quantitative estimate of drug-likeness (QED) is 0.214. The summed E-state index contributed by atoms with van der Waals surface area (Å²) in [5, 5.41) is 5.31. The average molecular weight is 533 g/mol. The molecule has 5 rings (SSSR count). The van der Waals surface area contributed by atoms with Gasteiger partial charge in [-0.1, -0.05) is 38.1 Å². The fraction of sp³-hybridized carbons (Fsp3) is 0.265. The zero-order valence-corrected chi connectivity index (χ0v) is 24.5. The second-order valence-corrected chi connectivity index (χ2v) is 10.8. The summed E-state index contributed by atoms with van der Waals surface area (Å²) in [6, 6.07) is 20.0. The molecule has 0 amide bonds. The van der Waals surface area contributed by atoms with E-state index < -0.39 is 0 Å². The summed E-state index contributed by atoms with van der Waals surface area (Å²) >= 11 is 0. The van der Waals surface area contributed by atoms with Gasteiger partial charge in [-0.05, 0) is 99.2 Å². The molecule has 2 heterocycles. The molecule has 204 valence electrons. The topological polar surface area (TPSA) is 61.4 Å². The highest BCUT2D eigenvalue weighted by Crippen LogP contribution is 2.34. The average Bonchev–Trinajstić information content (AvgIpc) is 3.21. The third-order valence-corrected chi connectivity index (χ3v) is 7.79. The molecule has 6 nitrogen and oxygen atoms in total. The lowest BCUT2D eigenvalue weighted by Gasteiger charge is -2.17. The van der Waals surface area contributed by atoms with Crippen molar-refractivity contribution in [2.24, 2.45) is 5.10 Å². The summed E-state index contributed by atoms with van der Waals surface area (Å²) in [6.07, 6.45) is 1.77. The maximum atomic E-state index is 13.8. The molecule has 0 spiro atoms. The van der Waals surface area contributed by atoms with Crippen molar-refractivity contribution in [2.45, 2.75) is 54.4 Å². The SMILES string of the molecule is COc1cc(C)c(-c2nc3ccccc3c(=O)n2N=Cc2cc(C)n(-c3cccc(C)c3C)c2C)cc1C(C)C. The lowest BCUT2D eigenvalue weighted by Crippen LogP contribution is -2.21. The Bertz CT molecular complexity index is 1840. The summed E-state index contributed by atoms with van der Waals surface area (Å²) < 4.78 is 9.35. The van der Waals surface area contributed by atoms with Crippen molar-refractivity contribution in [3.63, 3.8) is 0 Å². The number of nitrogens with zero attached hydrogens (tertiary/aromatic N) is 4. The van der Waals surface area contributed by atoms with Crippen LogP contribution in [0.3, 0.4) is 0 Å². The van der Waals surface area contributed by atoms with E-state index in [9.17, 15) is 4.79 Å². The highest BCUT2D eigenvalue weighted by molar-refractivity contribution is 5.84. The number of fused-ring (bicyclic) bond motifs is 1. The normalized spacial score (nSPS) is 11.7. The molecule has 0 bridgehead atoms. The summed E-state index contributed by atoms with van der Waals surface area (Å²) in [6.45, 7) is 14.7. The van der Waals surface area contributed by atoms with Gasteiger partial charge in [-0.25, -0.2) is 4.98 Å². The second kappa shape index (κ2) is 10.6. The largest absolute Gasteiger partial charge is 0.496 e. The Kier molecular flexibility index (Phi) is 7.19. The fourth-order valence-electron chi connectivity index (χ4n) is 5.36. The molecule has 0 unspecified atom stereocenters. The van der Waals surface area contributed by atoms with E-state index >= 15 is 0 Å². The van der Waals surface area contributed by atoms with Gasteiger partial charge in [0.2, 0.25) is 0 Å². The van der Waals surface area contributed by atoms with Crippen molar-refractivity contribution in [1.82, 2.24) is 14.2 Å². The van der Waals surface area contributed by atoms with Crippen LogP contribution in [0.1, 0.15) is 59.0 Å². The van der Waals surface area contributed by atoms with Crippen molar-refractivity contribution in [3.05, 3.63) is 110 Å². The number of ether oxygens (including phenoxy) is 1. The monoisotopic (exact) mass is 532 g/mol. The van der Waals surface area contributed by atoms with Crippen molar-refractivity contribution < 1.29 is 4.74 Å². The van der Waals surface area contributed by atoms with Gasteiger partial charge in [0, 0.05) is 28.2 Å². The highest BCUT2D eigenvalue weighted by atomic mass is 16.5. The standard InChI is InChI=1S/C34H36N4O2/c1-20(2)28-18-29(22(4)16-32(28)40-8)33-36-30-14-10-9-13-27(30)34(39)38(33)35-19-26-17-23(5)37(25(26)7)31-15-11-12-21(3)24(31)6/h9-20H,1-8H3. The van der Waals surface area contributed by atoms with Gasteiger partial charge in [0.25, 0.3) is 5.56 Å². The Hall–Kier alpha value is -4.45. The Morgan fingerprint density at radius 2 is 1.68 bits per heavy atom. The Morgan fingerprint density at radius 1 is 0.925 bits per heavy atom. The molecule has 0 atom stereocenters. The van der Waals surface area contributed by atoms with Crippen molar-refractivity contribution in [3.8, 4) is 22.8 Å². The molecule has 6 heteroatoms. The molecular formula is C34H36N4O2. The number of methoxy groups -OCH3 is 1. The van der Waals surface area contributed by atoms with Crippen LogP contribution in [0.15, 0.2) is 70.6 Å². The molecule has 5 aromatic rings. The van der Waals surface area contributed by atoms with E-state index in [1.165, 1.54) is 15.8 Å². The molecule has 0 N–H and O–H groups in total. The summed E-state index contributed by atoms with van der Waals surface area (Å²) in [4.78, 5) is 18.8. The first-order chi connectivity index (χ1) is 19.1. The minimum Gasteiger partial charge on any atom is -0.496 e. The predicted molar refractivity (Wildman–Crippen MR) is 165 cm³/mol. The van der Waals surface area contributed by atoms with Crippen LogP contribution < -0.4 is 10.3 Å². The van der Waals surface area contributed by atoms with Gasteiger partial charge in [-0.2, -0.15) is 9.78 Å². The van der Waals surface area contributed by atoms with E-state index in [-0.39, 0.29) is 11.5 Å². The molecular weight excluding hydrogens is 496 g/mol. The van der Waals surface area contributed by atoms with Gasteiger partial charge < -0.3 is 9.30 Å². The van der Waals surface area contributed by atoms with E-state index in [4.69, 9.17) is 14.8 Å². The minimum atomic E-state index is -0.207. The molecule has 0 aliphatic carbocycles. The van der Waals surface area contributed by atoms with E-state index in [2.05, 4.69) is 76.4 Å². The van der Waals surface area contributed by atoms with Crippen molar-refractivity contribution >= 4 is 17.1 Å². The Morgan fingerprint density at radius 3 is 2.40 bits per heavy atom. The third kappa shape index (κ3) is 4.64. The zero-order chi connectivity index (χ0) is 28.7. The number of hydrogen-bond acceptors (Lipinski definition) is 4. The number of rotatable bonds is 6. The molecule has 0 aliphatic rings. The maximum Gasteiger partial charge on any atom is 0.282 e. The van der Waals surface area contributed by atoms with Crippen molar-refractivity contribution in [1.29, 1.82) is 0 Å². The molecule has 0 fully saturated rings. The predicted octanol–water partition coefficient (Wildman–Crippen LogP) is 7.41. The van der Waals surface area contributed by atoms with Gasteiger partial charge in [0.15, 0.2) is 5.82 Å². The highest BCUT2D eigenvalue weighted by Gasteiger charge is 2.19. The zero-order valence-electron chi connectivity index (χ0n) is 24.5. The summed E-state index contributed by atoms with van der Waals surface area (Å²) in [5.74, 6) is 1.56. The second-order valence-electron chi connectivity index (χ2n) is 10.8. The van der Waals surface area contributed by atoms with E-state index in [1.807, 2.05) is 31.2 Å². The van der Waals surface area contributed by atoms with Crippen molar-refractivity contribution in [2.75, 3.05) is 7.11 Å². The molecule has 2 aromatic heterocycles. The summed E-state index contributed by atoms with van der Waals surface area (Å²) in [5.41, 5.74) is 10.0. The molecule has 0 saturated carbocycles. The Labute approximate surface area is 235 Å². The van der Waals surface area contributed by atoms with Crippen LogP contribution in [0.4, 0.5) is 0 Å². The van der Waals surface area contributed by atoms with Gasteiger partial charge in [-0.15, -0.1) is 0 Å².